The van der Waals surface area contributed by atoms with Crippen LogP contribution in [0.5, 0.6) is 5.75 Å². The van der Waals surface area contributed by atoms with Gasteiger partial charge in [-0.25, -0.2) is 0 Å². The van der Waals surface area contributed by atoms with Gasteiger partial charge in [0.15, 0.2) is 6.61 Å². The molecule has 5 nitrogen and oxygen atoms in total. The van der Waals surface area contributed by atoms with Gasteiger partial charge in [-0.3, -0.25) is 9.69 Å². The Kier molecular flexibility index (Phi) is 7.26. The van der Waals surface area contributed by atoms with Crippen molar-refractivity contribution < 1.29 is 14.3 Å². The number of methoxy groups -OCH3 is 1. The molecule has 0 saturated carbocycles. The van der Waals surface area contributed by atoms with Gasteiger partial charge in [0.05, 0.1) is 0 Å². The fourth-order valence-electron chi connectivity index (χ4n) is 3.43. The van der Waals surface area contributed by atoms with Gasteiger partial charge in [-0.05, 0) is 57.4 Å². The SMILES string of the molecule is COCCCN1C(C)CN(C(=O)COc2ccc(C)c(C)c2)CC1C. The van der Waals surface area contributed by atoms with E-state index in [2.05, 4.69) is 32.6 Å². The number of amides is 1. The van der Waals surface area contributed by atoms with E-state index in [9.17, 15) is 4.79 Å². The van der Waals surface area contributed by atoms with Crippen LogP contribution in [-0.4, -0.2) is 67.7 Å². The summed E-state index contributed by atoms with van der Waals surface area (Å²) in [5, 5.41) is 0. The first kappa shape index (κ1) is 19.7. The number of piperazine rings is 1. The zero-order valence-corrected chi connectivity index (χ0v) is 16.2. The Balaban J connectivity index is 1.85. The maximum atomic E-state index is 12.5. The highest BCUT2D eigenvalue weighted by Crippen LogP contribution is 2.18. The third kappa shape index (κ3) is 5.44. The van der Waals surface area contributed by atoms with Crippen molar-refractivity contribution in [1.82, 2.24) is 9.80 Å². The summed E-state index contributed by atoms with van der Waals surface area (Å²) in [5.41, 5.74) is 2.41. The molecule has 1 aliphatic rings. The second kappa shape index (κ2) is 9.20. The van der Waals surface area contributed by atoms with Crippen LogP contribution in [0, 0.1) is 13.8 Å². The van der Waals surface area contributed by atoms with Gasteiger partial charge >= 0.3 is 0 Å². The van der Waals surface area contributed by atoms with Gasteiger partial charge in [0.25, 0.3) is 5.91 Å². The highest BCUT2D eigenvalue weighted by atomic mass is 16.5. The third-order valence-electron chi connectivity index (χ3n) is 5.06. The van der Waals surface area contributed by atoms with Gasteiger partial charge in [-0.2, -0.15) is 0 Å². The standard InChI is InChI=1S/C20H32N2O3/c1-15-7-8-19(11-16(15)2)25-14-20(23)21-12-17(3)22(18(4)13-21)9-6-10-24-5/h7-8,11,17-18H,6,9-10,12-14H2,1-5H3. The van der Waals surface area contributed by atoms with E-state index >= 15 is 0 Å². The minimum Gasteiger partial charge on any atom is -0.484 e. The van der Waals surface area contributed by atoms with Gasteiger partial charge in [0.2, 0.25) is 0 Å². The monoisotopic (exact) mass is 348 g/mol. The fraction of sp³-hybridized carbons (Fsp3) is 0.650. The molecule has 25 heavy (non-hydrogen) atoms. The number of hydrogen-bond acceptors (Lipinski definition) is 4. The Labute approximate surface area is 151 Å². The Hall–Kier alpha value is -1.59. The Morgan fingerprint density at radius 1 is 1.16 bits per heavy atom. The van der Waals surface area contributed by atoms with Gasteiger partial charge in [-0.15, -0.1) is 0 Å². The summed E-state index contributed by atoms with van der Waals surface area (Å²) in [4.78, 5) is 16.9. The third-order valence-corrected chi connectivity index (χ3v) is 5.06. The summed E-state index contributed by atoms with van der Waals surface area (Å²) in [6.07, 6.45) is 1.02. The van der Waals surface area contributed by atoms with E-state index in [1.807, 2.05) is 23.1 Å². The number of hydrogen-bond donors (Lipinski definition) is 0. The first-order valence-electron chi connectivity index (χ1n) is 9.15. The maximum Gasteiger partial charge on any atom is 0.260 e. The first-order valence-corrected chi connectivity index (χ1v) is 9.15. The molecule has 140 valence electrons. The number of nitrogens with zero attached hydrogens (tertiary/aromatic N) is 2. The number of rotatable bonds is 7. The van der Waals surface area contributed by atoms with E-state index in [1.165, 1.54) is 11.1 Å². The van der Waals surface area contributed by atoms with Crippen molar-refractivity contribution >= 4 is 5.91 Å². The molecule has 2 atom stereocenters. The quantitative estimate of drug-likeness (QED) is 0.711. The van der Waals surface area contributed by atoms with E-state index in [1.54, 1.807) is 7.11 Å². The maximum absolute atomic E-state index is 12.5. The van der Waals surface area contributed by atoms with Crippen LogP contribution in [0.3, 0.4) is 0 Å². The van der Waals surface area contributed by atoms with Crippen molar-refractivity contribution in [3.63, 3.8) is 0 Å². The summed E-state index contributed by atoms with van der Waals surface area (Å²) in [6.45, 7) is 11.9. The van der Waals surface area contributed by atoms with Crippen molar-refractivity contribution in [1.29, 1.82) is 0 Å². The Morgan fingerprint density at radius 2 is 1.84 bits per heavy atom. The van der Waals surface area contributed by atoms with E-state index in [-0.39, 0.29) is 12.5 Å². The van der Waals surface area contributed by atoms with E-state index in [4.69, 9.17) is 9.47 Å². The fourth-order valence-corrected chi connectivity index (χ4v) is 3.43. The van der Waals surface area contributed by atoms with Crippen LogP contribution < -0.4 is 4.74 Å². The molecule has 0 aromatic heterocycles. The number of ether oxygens (including phenoxy) is 2. The highest BCUT2D eigenvalue weighted by molar-refractivity contribution is 5.78. The molecule has 1 aromatic rings. The molecule has 0 bridgehead atoms. The topological polar surface area (TPSA) is 42.0 Å². The molecule has 0 radical (unpaired) electrons. The lowest BCUT2D eigenvalue weighted by molar-refractivity contribution is -0.137. The van der Waals surface area contributed by atoms with Crippen molar-refractivity contribution in [3.05, 3.63) is 29.3 Å². The number of carbonyl (C=O) groups excluding carboxylic acids is 1. The Bertz CT molecular complexity index is 564. The Morgan fingerprint density at radius 3 is 2.44 bits per heavy atom. The lowest BCUT2D eigenvalue weighted by atomic mass is 10.1. The normalized spacial score (nSPS) is 21.4. The summed E-state index contributed by atoms with van der Waals surface area (Å²) < 4.78 is 10.9. The van der Waals surface area contributed by atoms with Gasteiger partial charge in [-0.1, -0.05) is 6.07 Å². The van der Waals surface area contributed by atoms with Crippen LogP contribution in [0.25, 0.3) is 0 Å². The van der Waals surface area contributed by atoms with Crippen LogP contribution >= 0.6 is 0 Å². The second-order valence-corrected chi connectivity index (χ2v) is 7.12. The number of carbonyl (C=O) groups is 1. The molecule has 1 heterocycles. The summed E-state index contributed by atoms with van der Waals surface area (Å²) in [5.74, 6) is 0.823. The van der Waals surface area contributed by atoms with Crippen LogP contribution in [0.4, 0.5) is 0 Å². The minimum absolute atomic E-state index is 0.0634. The molecule has 0 aliphatic carbocycles. The van der Waals surface area contributed by atoms with Crippen LogP contribution in [0.1, 0.15) is 31.4 Å². The van der Waals surface area contributed by atoms with Gasteiger partial charge < -0.3 is 14.4 Å². The molecule has 1 aromatic carbocycles. The molecule has 1 saturated heterocycles. The number of aryl methyl sites for hydroxylation is 2. The average molecular weight is 348 g/mol. The zero-order chi connectivity index (χ0) is 18.4. The minimum atomic E-state index is 0.0634. The molecule has 0 N–H and O–H groups in total. The summed E-state index contributed by atoms with van der Waals surface area (Å²) in [7, 11) is 1.74. The predicted molar refractivity (Wildman–Crippen MR) is 100 cm³/mol. The van der Waals surface area contributed by atoms with E-state index in [0.29, 0.717) is 12.1 Å². The van der Waals surface area contributed by atoms with Crippen LogP contribution in [0.2, 0.25) is 0 Å². The first-order chi connectivity index (χ1) is 11.9. The summed E-state index contributed by atoms with van der Waals surface area (Å²) >= 11 is 0. The van der Waals surface area contributed by atoms with Crippen LogP contribution in [0.15, 0.2) is 18.2 Å². The summed E-state index contributed by atoms with van der Waals surface area (Å²) in [6, 6.07) is 6.64. The average Bonchev–Trinajstić information content (AvgIpc) is 2.58. The van der Waals surface area contributed by atoms with Crippen molar-refractivity contribution in [2.75, 3.05) is 40.0 Å². The number of benzene rings is 1. The predicted octanol–water partition coefficient (Wildman–Crippen LogP) is 2.64. The molecular weight excluding hydrogens is 316 g/mol. The van der Waals surface area contributed by atoms with Crippen LogP contribution in [-0.2, 0) is 9.53 Å². The molecule has 2 unspecified atom stereocenters. The van der Waals surface area contributed by atoms with Crippen molar-refractivity contribution in [2.24, 2.45) is 0 Å². The van der Waals surface area contributed by atoms with Gasteiger partial charge in [0.1, 0.15) is 5.75 Å². The molecular formula is C20H32N2O3. The zero-order valence-electron chi connectivity index (χ0n) is 16.2. The molecule has 1 fully saturated rings. The smallest absolute Gasteiger partial charge is 0.260 e. The van der Waals surface area contributed by atoms with E-state index in [0.717, 1.165) is 38.4 Å². The van der Waals surface area contributed by atoms with E-state index < -0.39 is 0 Å². The molecule has 0 spiro atoms. The lowest BCUT2D eigenvalue weighted by Gasteiger charge is -2.44. The van der Waals surface area contributed by atoms with Crippen molar-refractivity contribution in [2.45, 2.75) is 46.2 Å². The largest absolute Gasteiger partial charge is 0.484 e. The van der Waals surface area contributed by atoms with Gasteiger partial charge in [0, 0.05) is 45.4 Å². The van der Waals surface area contributed by atoms with Crippen molar-refractivity contribution in [3.8, 4) is 5.75 Å². The highest BCUT2D eigenvalue weighted by Gasteiger charge is 2.31. The molecule has 5 heteroatoms. The second-order valence-electron chi connectivity index (χ2n) is 7.12. The molecule has 2 rings (SSSR count). The molecule has 1 amide bonds. The molecule has 1 aliphatic heterocycles. The lowest BCUT2D eigenvalue weighted by Crippen LogP contribution is -2.58.